The van der Waals surface area contributed by atoms with Gasteiger partial charge in [0.1, 0.15) is 12.4 Å². The van der Waals surface area contributed by atoms with Crippen LogP contribution in [0.25, 0.3) is 0 Å². The number of pyridine rings is 1. The zero-order valence-corrected chi connectivity index (χ0v) is 10.2. The summed E-state index contributed by atoms with van der Waals surface area (Å²) < 4.78 is 5.58. The summed E-state index contributed by atoms with van der Waals surface area (Å²) in [5, 5.41) is 0.500. The smallest absolute Gasteiger partial charge is 0.130 e. The van der Waals surface area contributed by atoms with Crippen LogP contribution in [-0.4, -0.2) is 4.98 Å². The Kier molecular flexibility index (Phi) is 3.49. The number of rotatable bonds is 3. The van der Waals surface area contributed by atoms with Crippen LogP contribution in [0.1, 0.15) is 11.4 Å². The summed E-state index contributed by atoms with van der Waals surface area (Å²) in [4.78, 5) is 4.35. The minimum absolute atomic E-state index is 0.419. The fourth-order valence-electron chi connectivity index (χ4n) is 1.43. The lowest BCUT2D eigenvalue weighted by Gasteiger charge is -2.07. The number of benzene rings is 1. The Morgan fingerprint density at radius 3 is 2.82 bits per heavy atom. The average molecular weight is 249 g/mol. The number of ether oxygens (including phenoxy) is 1. The molecule has 1 aromatic carbocycles. The highest BCUT2D eigenvalue weighted by molar-refractivity contribution is 6.33. The van der Waals surface area contributed by atoms with Gasteiger partial charge in [-0.3, -0.25) is 4.98 Å². The van der Waals surface area contributed by atoms with E-state index in [1.165, 1.54) is 0 Å². The van der Waals surface area contributed by atoms with Crippen molar-refractivity contribution in [3.63, 3.8) is 0 Å². The highest BCUT2D eigenvalue weighted by Crippen LogP contribution is 2.24. The third-order valence-corrected chi connectivity index (χ3v) is 2.63. The van der Waals surface area contributed by atoms with E-state index in [0.29, 0.717) is 23.1 Å². The van der Waals surface area contributed by atoms with Gasteiger partial charge in [-0.1, -0.05) is 17.7 Å². The first-order valence-corrected chi connectivity index (χ1v) is 5.63. The SMILES string of the molecule is Cc1cccc(COc2ccc(N)c(Cl)c2)n1. The fraction of sp³-hybridized carbons (Fsp3) is 0.154. The van der Waals surface area contributed by atoms with Crippen molar-refractivity contribution in [2.75, 3.05) is 5.73 Å². The summed E-state index contributed by atoms with van der Waals surface area (Å²) in [7, 11) is 0. The van der Waals surface area contributed by atoms with E-state index in [1.807, 2.05) is 25.1 Å². The Morgan fingerprint density at radius 2 is 2.12 bits per heavy atom. The predicted octanol–water partition coefficient (Wildman–Crippen LogP) is 3.20. The molecule has 1 aromatic heterocycles. The molecule has 0 aliphatic rings. The molecular weight excluding hydrogens is 236 g/mol. The largest absolute Gasteiger partial charge is 0.487 e. The van der Waals surface area contributed by atoms with Gasteiger partial charge in [0, 0.05) is 11.8 Å². The van der Waals surface area contributed by atoms with Crippen molar-refractivity contribution >= 4 is 17.3 Å². The molecule has 0 spiro atoms. The second-order valence-electron chi connectivity index (χ2n) is 3.74. The van der Waals surface area contributed by atoms with Crippen LogP contribution in [0.3, 0.4) is 0 Å². The number of hydrogen-bond acceptors (Lipinski definition) is 3. The molecule has 0 aliphatic carbocycles. The van der Waals surface area contributed by atoms with E-state index in [2.05, 4.69) is 4.98 Å². The highest BCUT2D eigenvalue weighted by atomic mass is 35.5. The molecule has 2 aromatic rings. The second kappa shape index (κ2) is 5.06. The lowest BCUT2D eigenvalue weighted by molar-refractivity contribution is 0.301. The quantitative estimate of drug-likeness (QED) is 0.849. The lowest BCUT2D eigenvalue weighted by atomic mass is 10.3. The summed E-state index contributed by atoms with van der Waals surface area (Å²) >= 11 is 5.90. The van der Waals surface area contributed by atoms with E-state index in [1.54, 1.807) is 18.2 Å². The van der Waals surface area contributed by atoms with Crippen molar-refractivity contribution in [3.05, 3.63) is 52.8 Å². The summed E-state index contributed by atoms with van der Waals surface area (Å²) in [6, 6.07) is 11.0. The van der Waals surface area contributed by atoms with E-state index in [9.17, 15) is 0 Å². The van der Waals surface area contributed by atoms with Crippen molar-refractivity contribution in [3.8, 4) is 5.75 Å². The van der Waals surface area contributed by atoms with E-state index in [-0.39, 0.29) is 0 Å². The average Bonchev–Trinajstić information content (AvgIpc) is 2.31. The van der Waals surface area contributed by atoms with Crippen LogP contribution in [0.15, 0.2) is 36.4 Å². The molecule has 17 heavy (non-hydrogen) atoms. The fourth-order valence-corrected chi connectivity index (χ4v) is 1.61. The van der Waals surface area contributed by atoms with Crippen LogP contribution >= 0.6 is 11.6 Å². The van der Waals surface area contributed by atoms with Crippen LogP contribution in [-0.2, 0) is 6.61 Å². The maximum atomic E-state index is 5.90. The van der Waals surface area contributed by atoms with Gasteiger partial charge < -0.3 is 10.5 Å². The van der Waals surface area contributed by atoms with Gasteiger partial charge in [0.05, 0.1) is 16.4 Å². The van der Waals surface area contributed by atoms with E-state index in [4.69, 9.17) is 22.1 Å². The summed E-state index contributed by atoms with van der Waals surface area (Å²) in [5.74, 6) is 0.688. The molecule has 0 unspecified atom stereocenters. The van der Waals surface area contributed by atoms with Crippen LogP contribution in [0, 0.1) is 6.92 Å². The Labute approximate surface area is 105 Å². The van der Waals surface area contributed by atoms with Gasteiger partial charge in [0.2, 0.25) is 0 Å². The van der Waals surface area contributed by atoms with Crippen LogP contribution in [0.5, 0.6) is 5.75 Å². The molecule has 0 saturated carbocycles. The van der Waals surface area contributed by atoms with Gasteiger partial charge in [-0.25, -0.2) is 0 Å². The molecule has 0 aliphatic heterocycles. The molecule has 3 nitrogen and oxygen atoms in total. The number of hydrogen-bond donors (Lipinski definition) is 1. The van der Waals surface area contributed by atoms with E-state index < -0.39 is 0 Å². The monoisotopic (exact) mass is 248 g/mol. The normalized spacial score (nSPS) is 10.2. The first-order valence-electron chi connectivity index (χ1n) is 5.25. The Balaban J connectivity index is 2.05. The molecule has 0 radical (unpaired) electrons. The van der Waals surface area contributed by atoms with Crippen molar-refractivity contribution < 1.29 is 4.74 Å². The Bertz CT molecular complexity index is 529. The van der Waals surface area contributed by atoms with Crippen molar-refractivity contribution in [2.45, 2.75) is 13.5 Å². The number of aryl methyl sites for hydroxylation is 1. The molecule has 0 amide bonds. The number of aromatic nitrogens is 1. The number of nitrogens with two attached hydrogens (primary N) is 1. The van der Waals surface area contributed by atoms with Gasteiger partial charge in [-0.05, 0) is 31.2 Å². The minimum Gasteiger partial charge on any atom is -0.487 e. The number of nitrogen functional groups attached to an aromatic ring is 1. The predicted molar refractivity (Wildman–Crippen MR) is 69.2 cm³/mol. The standard InChI is InChI=1S/C13H13ClN2O/c1-9-3-2-4-10(16-9)8-17-11-5-6-13(15)12(14)7-11/h2-7H,8,15H2,1H3. The maximum absolute atomic E-state index is 5.90. The summed E-state index contributed by atoms with van der Waals surface area (Å²) in [6.45, 7) is 2.37. The lowest BCUT2D eigenvalue weighted by Crippen LogP contribution is -1.99. The van der Waals surface area contributed by atoms with Gasteiger partial charge in [-0.2, -0.15) is 0 Å². The van der Waals surface area contributed by atoms with E-state index in [0.717, 1.165) is 11.4 Å². The molecule has 0 saturated heterocycles. The van der Waals surface area contributed by atoms with Crippen LogP contribution < -0.4 is 10.5 Å². The summed E-state index contributed by atoms with van der Waals surface area (Å²) in [5.41, 5.74) is 8.03. The molecular formula is C13H13ClN2O. The molecule has 88 valence electrons. The molecule has 0 fully saturated rings. The minimum atomic E-state index is 0.419. The molecule has 4 heteroatoms. The van der Waals surface area contributed by atoms with Crippen LogP contribution in [0.4, 0.5) is 5.69 Å². The molecule has 2 N–H and O–H groups in total. The number of nitrogens with zero attached hydrogens (tertiary/aromatic N) is 1. The van der Waals surface area contributed by atoms with Gasteiger partial charge >= 0.3 is 0 Å². The molecule has 0 atom stereocenters. The van der Waals surface area contributed by atoms with Gasteiger partial charge in [-0.15, -0.1) is 0 Å². The third kappa shape index (κ3) is 3.11. The highest BCUT2D eigenvalue weighted by Gasteiger charge is 2.01. The van der Waals surface area contributed by atoms with Crippen LogP contribution in [0.2, 0.25) is 5.02 Å². The number of halogens is 1. The van der Waals surface area contributed by atoms with Crippen molar-refractivity contribution in [1.82, 2.24) is 4.98 Å². The topological polar surface area (TPSA) is 48.1 Å². The van der Waals surface area contributed by atoms with Gasteiger partial charge in [0.25, 0.3) is 0 Å². The third-order valence-electron chi connectivity index (χ3n) is 2.30. The van der Waals surface area contributed by atoms with E-state index >= 15 is 0 Å². The summed E-state index contributed by atoms with van der Waals surface area (Å²) in [6.07, 6.45) is 0. The zero-order chi connectivity index (χ0) is 12.3. The Morgan fingerprint density at radius 1 is 1.29 bits per heavy atom. The first-order chi connectivity index (χ1) is 8.15. The number of anilines is 1. The second-order valence-corrected chi connectivity index (χ2v) is 4.15. The zero-order valence-electron chi connectivity index (χ0n) is 9.48. The molecule has 2 rings (SSSR count). The molecule has 1 heterocycles. The Hall–Kier alpha value is -1.74. The van der Waals surface area contributed by atoms with Gasteiger partial charge in [0.15, 0.2) is 0 Å². The van der Waals surface area contributed by atoms with Crippen molar-refractivity contribution in [1.29, 1.82) is 0 Å². The van der Waals surface area contributed by atoms with Crippen molar-refractivity contribution in [2.24, 2.45) is 0 Å². The molecule has 0 bridgehead atoms. The maximum Gasteiger partial charge on any atom is 0.130 e. The first kappa shape index (κ1) is 11.7.